The van der Waals surface area contributed by atoms with Crippen molar-refractivity contribution in [3.8, 4) is 0 Å². The molecule has 35 heavy (non-hydrogen) atoms. The van der Waals surface area contributed by atoms with Gasteiger partial charge in [-0.15, -0.1) is 0 Å². The maximum absolute atomic E-state index is 13.0. The van der Waals surface area contributed by atoms with Crippen LogP contribution in [0.25, 0.3) is 0 Å². The number of carbonyl (C=O) groups is 3. The number of nitrogens with zero attached hydrogens (tertiary/aromatic N) is 2. The van der Waals surface area contributed by atoms with Gasteiger partial charge < -0.3 is 20.9 Å². The Hall–Kier alpha value is -3.94. The van der Waals surface area contributed by atoms with E-state index in [9.17, 15) is 14.4 Å². The normalized spacial score (nSPS) is 13.7. The van der Waals surface area contributed by atoms with Crippen LogP contribution < -0.4 is 20.9 Å². The number of benzene rings is 2. The molecule has 2 aromatic rings. The van der Waals surface area contributed by atoms with Crippen molar-refractivity contribution in [2.45, 2.75) is 33.2 Å². The molecule has 1 radical (unpaired) electrons. The van der Waals surface area contributed by atoms with Crippen LogP contribution in [0.2, 0.25) is 0 Å². The van der Waals surface area contributed by atoms with E-state index in [4.69, 9.17) is 0 Å². The van der Waals surface area contributed by atoms with Crippen LogP contribution in [0.3, 0.4) is 0 Å². The summed E-state index contributed by atoms with van der Waals surface area (Å²) in [6.07, 6.45) is 3.98. The number of anilines is 1. The van der Waals surface area contributed by atoms with E-state index in [1.807, 2.05) is 68.1 Å². The molecule has 8 heteroatoms. The van der Waals surface area contributed by atoms with Gasteiger partial charge in [0.2, 0.25) is 5.91 Å². The van der Waals surface area contributed by atoms with Crippen molar-refractivity contribution in [2.24, 2.45) is 10.9 Å². The Bertz CT molecular complexity index is 1080. The SMILES string of the molecule is Cc1ccc(C(=O)NC[C@H](NC(=O)C2=CN(c3ccccc3)CC=N2)C(=O)N[CH]CC(C)C)cc1. The molecule has 0 bridgehead atoms. The van der Waals surface area contributed by atoms with Crippen LogP contribution in [0, 0.1) is 19.4 Å². The minimum absolute atomic E-state index is 0.0702. The summed E-state index contributed by atoms with van der Waals surface area (Å²) >= 11 is 0. The minimum atomic E-state index is -0.983. The predicted octanol–water partition coefficient (Wildman–Crippen LogP) is 2.97. The quantitative estimate of drug-likeness (QED) is 0.493. The highest BCUT2D eigenvalue weighted by Gasteiger charge is 2.24. The molecule has 0 fully saturated rings. The number of carbonyl (C=O) groups excluding carboxylic acids is 3. The summed E-state index contributed by atoms with van der Waals surface area (Å²) in [6, 6.07) is 15.8. The molecule has 0 saturated heterocycles. The Morgan fingerprint density at radius 1 is 1.03 bits per heavy atom. The van der Waals surface area contributed by atoms with Crippen LogP contribution in [0.5, 0.6) is 0 Å². The fourth-order valence-corrected chi connectivity index (χ4v) is 3.32. The lowest BCUT2D eigenvalue weighted by Gasteiger charge is -2.24. The third-order valence-corrected chi connectivity index (χ3v) is 5.34. The van der Waals surface area contributed by atoms with E-state index in [1.165, 1.54) is 0 Å². The average molecular weight is 475 g/mol. The standard InChI is InChI=1S/C27H32N5O3/c1-19(2)13-14-29-26(34)23(17-30-25(33)21-11-9-20(3)10-12-21)31-27(35)24-18-32(16-15-28-24)22-7-5-4-6-8-22/h4-12,14-15,18-19,23H,13,16-17H2,1-3H3,(H,29,34)(H,30,33)(H,31,35)/t23-/m0/s1. The van der Waals surface area contributed by atoms with Gasteiger partial charge in [0.25, 0.3) is 11.8 Å². The summed E-state index contributed by atoms with van der Waals surface area (Å²) in [5, 5.41) is 8.19. The van der Waals surface area contributed by atoms with Gasteiger partial charge in [0.15, 0.2) is 0 Å². The summed E-state index contributed by atoms with van der Waals surface area (Å²) in [5.74, 6) is -0.873. The molecule has 3 rings (SSSR count). The number of aliphatic imine (C=N–C) groups is 1. The lowest BCUT2D eigenvalue weighted by molar-refractivity contribution is -0.127. The maximum Gasteiger partial charge on any atom is 0.272 e. The largest absolute Gasteiger partial charge is 0.349 e. The summed E-state index contributed by atoms with van der Waals surface area (Å²) in [5.41, 5.74) is 2.61. The van der Waals surface area contributed by atoms with Gasteiger partial charge in [-0.3, -0.25) is 19.4 Å². The topological polar surface area (TPSA) is 103 Å². The molecule has 1 heterocycles. The summed E-state index contributed by atoms with van der Waals surface area (Å²) < 4.78 is 0. The average Bonchev–Trinajstić information content (AvgIpc) is 2.87. The van der Waals surface area contributed by atoms with Gasteiger partial charge in [0, 0.05) is 36.8 Å². The molecule has 8 nitrogen and oxygen atoms in total. The Morgan fingerprint density at radius 3 is 2.43 bits per heavy atom. The van der Waals surface area contributed by atoms with Crippen LogP contribution in [0.1, 0.15) is 36.2 Å². The van der Waals surface area contributed by atoms with Crippen molar-refractivity contribution in [1.82, 2.24) is 16.0 Å². The molecular formula is C27H32N5O3. The van der Waals surface area contributed by atoms with Crippen molar-refractivity contribution in [3.63, 3.8) is 0 Å². The first kappa shape index (κ1) is 25.7. The molecule has 0 unspecified atom stereocenters. The van der Waals surface area contributed by atoms with Gasteiger partial charge in [-0.05, 0) is 43.5 Å². The van der Waals surface area contributed by atoms with Gasteiger partial charge >= 0.3 is 0 Å². The van der Waals surface area contributed by atoms with E-state index in [0.29, 0.717) is 24.4 Å². The summed E-state index contributed by atoms with van der Waals surface area (Å²) in [7, 11) is 0. The highest BCUT2D eigenvalue weighted by atomic mass is 16.2. The van der Waals surface area contributed by atoms with Crippen molar-refractivity contribution < 1.29 is 14.4 Å². The Labute approximate surface area is 206 Å². The number of hydrogen-bond donors (Lipinski definition) is 3. The monoisotopic (exact) mass is 474 g/mol. The third-order valence-electron chi connectivity index (χ3n) is 5.34. The van der Waals surface area contributed by atoms with Gasteiger partial charge in [-0.2, -0.15) is 0 Å². The van der Waals surface area contributed by atoms with Crippen LogP contribution in [-0.4, -0.2) is 43.1 Å². The van der Waals surface area contributed by atoms with Crippen molar-refractivity contribution in [1.29, 1.82) is 0 Å². The van der Waals surface area contributed by atoms with Gasteiger partial charge in [0.05, 0.1) is 6.54 Å². The first-order valence-corrected chi connectivity index (χ1v) is 11.7. The first-order valence-electron chi connectivity index (χ1n) is 11.7. The highest BCUT2D eigenvalue weighted by molar-refractivity contribution is 5.99. The second-order valence-electron chi connectivity index (χ2n) is 8.76. The van der Waals surface area contributed by atoms with Crippen molar-refractivity contribution >= 4 is 29.6 Å². The molecule has 1 atom stereocenters. The lowest BCUT2D eigenvalue weighted by Crippen LogP contribution is -2.52. The van der Waals surface area contributed by atoms with E-state index < -0.39 is 17.9 Å². The van der Waals surface area contributed by atoms with Crippen LogP contribution >= 0.6 is 0 Å². The van der Waals surface area contributed by atoms with Crippen molar-refractivity contribution in [2.75, 3.05) is 18.0 Å². The van der Waals surface area contributed by atoms with Crippen LogP contribution in [0.15, 0.2) is 71.5 Å². The Kier molecular flexibility index (Phi) is 9.17. The summed E-state index contributed by atoms with van der Waals surface area (Å²) in [4.78, 5) is 44.5. The number of nitrogens with one attached hydrogen (secondary N) is 3. The van der Waals surface area contributed by atoms with Crippen LogP contribution in [0.4, 0.5) is 5.69 Å². The fraction of sp³-hybridized carbons (Fsp3) is 0.296. The van der Waals surface area contributed by atoms with Gasteiger partial charge in [-0.1, -0.05) is 49.7 Å². The molecular weight excluding hydrogens is 442 g/mol. The molecule has 183 valence electrons. The Morgan fingerprint density at radius 2 is 1.74 bits per heavy atom. The van der Waals surface area contributed by atoms with Crippen LogP contribution in [-0.2, 0) is 9.59 Å². The number of amides is 3. The lowest BCUT2D eigenvalue weighted by atomic mass is 10.1. The molecule has 3 amide bonds. The van der Waals surface area contributed by atoms with Gasteiger partial charge in [-0.25, -0.2) is 0 Å². The fourth-order valence-electron chi connectivity index (χ4n) is 3.32. The summed E-state index contributed by atoms with van der Waals surface area (Å²) in [6.45, 7) is 8.14. The zero-order valence-electron chi connectivity index (χ0n) is 20.3. The van der Waals surface area contributed by atoms with E-state index in [1.54, 1.807) is 31.1 Å². The second-order valence-corrected chi connectivity index (χ2v) is 8.76. The molecule has 3 N–H and O–H groups in total. The zero-order valence-corrected chi connectivity index (χ0v) is 20.3. The second kappa shape index (κ2) is 12.5. The zero-order chi connectivity index (χ0) is 25.2. The minimum Gasteiger partial charge on any atom is -0.349 e. The molecule has 0 aliphatic carbocycles. The molecule has 1 aliphatic heterocycles. The maximum atomic E-state index is 13.0. The number of aryl methyl sites for hydroxylation is 1. The molecule has 0 spiro atoms. The number of rotatable bonds is 10. The molecule has 0 aromatic heterocycles. The van der Waals surface area contributed by atoms with Crippen molar-refractivity contribution in [3.05, 3.63) is 84.2 Å². The molecule has 0 saturated carbocycles. The van der Waals surface area contributed by atoms with E-state index in [-0.39, 0.29) is 18.1 Å². The predicted molar refractivity (Wildman–Crippen MR) is 138 cm³/mol. The number of para-hydroxylation sites is 1. The van der Waals surface area contributed by atoms with E-state index in [0.717, 1.165) is 11.3 Å². The van der Waals surface area contributed by atoms with Gasteiger partial charge in [0.1, 0.15) is 11.7 Å². The third kappa shape index (κ3) is 7.81. The highest BCUT2D eigenvalue weighted by Crippen LogP contribution is 2.17. The molecule has 2 aromatic carbocycles. The molecule has 1 aliphatic rings. The number of hydrogen-bond acceptors (Lipinski definition) is 5. The Balaban J connectivity index is 1.68. The van der Waals surface area contributed by atoms with E-state index >= 15 is 0 Å². The first-order chi connectivity index (χ1) is 16.8. The van der Waals surface area contributed by atoms with E-state index in [2.05, 4.69) is 20.9 Å². The smallest absolute Gasteiger partial charge is 0.272 e.